The number of carbonyl (C=O) groups excluding carboxylic acids is 1. The highest BCUT2D eigenvalue weighted by atomic mass is 32.1. The van der Waals surface area contributed by atoms with Crippen LogP contribution in [0.2, 0.25) is 0 Å². The van der Waals surface area contributed by atoms with Gasteiger partial charge in [-0.2, -0.15) is 11.3 Å². The van der Waals surface area contributed by atoms with Gasteiger partial charge in [-0.1, -0.05) is 0 Å². The van der Waals surface area contributed by atoms with Crippen LogP contribution in [0.15, 0.2) is 16.8 Å². The molecule has 1 aliphatic carbocycles. The van der Waals surface area contributed by atoms with Crippen molar-refractivity contribution in [1.29, 1.82) is 0 Å². The lowest BCUT2D eigenvalue weighted by molar-refractivity contribution is 0.117. The van der Waals surface area contributed by atoms with E-state index in [-0.39, 0.29) is 18.2 Å². The number of amides is 2. The Morgan fingerprint density at radius 3 is 2.82 bits per heavy atom. The molecule has 1 aliphatic rings. The van der Waals surface area contributed by atoms with Gasteiger partial charge in [0.1, 0.15) is 0 Å². The molecule has 4 nitrogen and oxygen atoms in total. The van der Waals surface area contributed by atoms with Crippen molar-refractivity contribution in [2.24, 2.45) is 0 Å². The molecule has 0 unspecified atom stereocenters. The van der Waals surface area contributed by atoms with E-state index in [1.807, 2.05) is 16.8 Å². The summed E-state index contributed by atoms with van der Waals surface area (Å²) >= 11 is 1.63. The Bertz CT molecular complexity index is 345. The fraction of sp³-hybridized carbons (Fsp3) is 0.583. The first kappa shape index (κ1) is 12.4. The Labute approximate surface area is 105 Å². The molecule has 0 aromatic carbocycles. The molecule has 1 saturated carbocycles. The summed E-state index contributed by atoms with van der Waals surface area (Å²) in [5.41, 5.74) is 1.13. The van der Waals surface area contributed by atoms with Crippen molar-refractivity contribution in [3.63, 3.8) is 0 Å². The molecule has 0 atom stereocenters. The second-order valence-electron chi connectivity index (χ2n) is 4.46. The number of thiophene rings is 1. The van der Waals surface area contributed by atoms with Gasteiger partial charge in [-0.25, -0.2) is 4.79 Å². The van der Waals surface area contributed by atoms with Crippen molar-refractivity contribution in [3.05, 3.63) is 22.4 Å². The topological polar surface area (TPSA) is 61.4 Å². The first-order chi connectivity index (χ1) is 8.24. The second kappa shape index (κ2) is 6.02. The predicted octanol–water partition coefficient (Wildman–Crippen LogP) is 1.85. The number of hydrogen-bond donors (Lipinski definition) is 3. The van der Waals surface area contributed by atoms with Crippen molar-refractivity contribution in [2.75, 3.05) is 0 Å². The maximum atomic E-state index is 11.6. The van der Waals surface area contributed by atoms with Gasteiger partial charge in [-0.05, 0) is 48.1 Å². The number of rotatable bonds is 3. The Hall–Kier alpha value is -1.07. The van der Waals surface area contributed by atoms with E-state index >= 15 is 0 Å². The molecule has 1 heterocycles. The number of aliphatic hydroxyl groups is 1. The molecule has 17 heavy (non-hydrogen) atoms. The molecule has 1 fully saturated rings. The lowest BCUT2D eigenvalue weighted by Crippen LogP contribution is -2.43. The molecule has 0 aliphatic heterocycles. The largest absolute Gasteiger partial charge is 0.393 e. The van der Waals surface area contributed by atoms with Gasteiger partial charge in [0.25, 0.3) is 0 Å². The fourth-order valence-corrected chi connectivity index (χ4v) is 2.70. The summed E-state index contributed by atoms with van der Waals surface area (Å²) in [6, 6.07) is 2.10. The smallest absolute Gasteiger partial charge is 0.315 e. The molecule has 2 amide bonds. The molecule has 0 bridgehead atoms. The molecule has 3 N–H and O–H groups in total. The van der Waals surface area contributed by atoms with Crippen LogP contribution in [0, 0.1) is 0 Å². The van der Waals surface area contributed by atoms with Crippen molar-refractivity contribution in [2.45, 2.75) is 44.4 Å². The third-order valence-corrected chi connectivity index (χ3v) is 3.80. The van der Waals surface area contributed by atoms with Gasteiger partial charge >= 0.3 is 6.03 Å². The molecule has 0 radical (unpaired) electrons. The Morgan fingerprint density at radius 2 is 2.18 bits per heavy atom. The van der Waals surface area contributed by atoms with E-state index in [0.717, 1.165) is 31.2 Å². The number of nitrogens with one attached hydrogen (secondary N) is 2. The first-order valence-electron chi connectivity index (χ1n) is 5.97. The quantitative estimate of drug-likeness (QED) is 0.771. The van der Waals surface area contributed by atoms with Crippen LogP contribution in [-0.2, 0) is 6.54 Å². The molecule has 0 spiro atoms. The predicted molar refractivity (Wildman–Crippen MR) is 68.0 cm³/mol. The van der Waals surface area contributed by atoms with Crippen LogP contribution in [0.3, 0.4) is 0 Å². The van der Waals surface area contributed by atoms with E-state index in [4.69, 9.17) is 0 Å². The summed E-state index contributed by atoms with van der Waals surface area (Å²) < 4.78 is 0. The first-order valence-corrected chi connectivity index (χ1v) is 6.92. The zero-order valence-corrected chi connectivity index (χ0v) is 10.5. The van der Waals surface area contributed by atoms with Gasteiger partial charge in [0.05, 0.1) is 6.10 Å². The van der Waals surface area contributed by atoms with Gasteiger partial charge in [0.15, 0.2) is 0 Å². The lowest BCUT2D eigenvalue weighted by atomic mass is 9.93. The molecule has 1 aromatic rings. The normalized spacial score (nSPS) is 24.3. The van der Waals surface area contributed by atoms with Gasteiger partial charge in [0.2, 0.25) is 0 Å². The molecule has 1 aromatic heterocycles. The van der Waals surface area contributed by atoms with Crippen molar-refractivity contribution >= 4 is 17.4 Å². The average molecular weight is 254 g/mol. The summed E-state index contributed by atoms with van der Waals surface area (Å²) in [4.78, 5) is 11.6. The highest BCUT2D eigenvalue weighted by Gasteiger charge is 2.20. The minimum Gasteiger partial charge on any atom is -0.393 e. The summed E-state index contributed by atoms with van der Waals surface area (Å²) in [6.07, 6.45) is 3.13. The van der Waals surface area contributed by atoms with Crippen LogP contribution in [0.4, 0.5) is 4.79 Å². The SMILES string of the molecule is O=C(NCc1ccsc1)NC1CCC(O)CC1. The van der Waals surface area contributed by atoms with E-state index in [1.165, 1.54) is 0 Å². The number of hydrogen-bond acceptors (Lipinski definition) is 3. The standard InChI is InChI=1S/C12H18N2O2S/c15-11-3-1-10(2-4-11)14-12(16)13-7-9-5-6-17-8-9/h5-6,8,10-11,15H,1-4,7H2,(H2,13,14,16). The lowest BCUT2D eigenvalue weighted by Gasteiger charge is -2.26. The summed E-state index contributed by atoms with van der Waals surface area (Å²) in [5.74, 6) is 0. The van der Waals surface area contributed by atoms with Crippen LogP contribution in [-0.4, -0.2) is 23.3 Å². The third kappa shape index (κ3) is 4.02. The van der Waals surface area contributed by atoms with E-state index in [2.05, 4.69) is 10.6 Å². The monoisotopic (exact) mass is 254 g/mol. The average Bonchev–Trinajstić information content (AvgIpc) is 2.83. The molecule has 94 valence electrons. The van der Waals surface area contributed by atoms with E-state index in [9.17, 15) is 9.90 Å². The fourth-order valence-electron chi connectivity index (χ4n) is 2.03. The number of aliphatic hydroxyl groups excluding tert-OH is 1. The molecule has 5 heteroatoms. The van der Waals surface area contributed by atoms with Crippen molar-refractivity contribution in [1.82, 2.24) is 10.6 Å². The van der Waals surface area contributed by atoms with Crippen LogP contribution < -0.4 is 10.6 Å². The highest BCUT2D eigenvalue weighted by molar-refractivity contribution is 7.07. The molecule has 0 saturated heterocycles. The molecular formula is C12H18N2O2S. The van der Waals surface area contributed by atoms with E-state index in [1.54, 1.807) is 11.3 Å². The zero-order valence-electron chi connectivity index (χ0n) is 9.69. The van der Waals surface area contributed by atoms with Crippen LogP contribution in [0.1, 0.15) is 31.2 Å². The maximum absolute atomic E-state index is 11.6. The van der Waals surface area contributed by atoms with Gasteiger partial charge in [-0.3, -0.25) is 0 Å². The minimum absolute atomic E-state index is 0.113. The van der Waals surface area contributed by atoms with Crippen LogP contribution in [0.5, 0.6) is 0 Å². The van der Waals surface area contributed by atoms with Crippen molar-refractivity contribution < 1.29 is 9.90 Å². The minimum atomic E-state index is -0.179. The van der Waals surface area contributed by atoms with Gasteiger partial charge < -0.3 is 15.7 Å². The molecular weight excluding hydrogens is 236 g/mol. The summed E-state index contributed by atoms with van der Waals surface area (Å²) in [7, 11) is 0. The Kier molecular flexibility index (Phi) is 4.39. The maximum Gasteiger partial charge on any atom is 0.315 e. The number of urea groups is 1. The second-order valence-corrected chi connectivity index (χ2v) is 5.24. The Balaban J connectivity index is 1.67. The molecule has 2 rings (SSSR count). The zero-order chi connectivity index (χ0) is 12.1. The van der Waals surface area contributed by atoms with Crippen LogP contribution in [0.25, 0.3) is 0 Å². The van der Waals surface area contributed by atoms with Crippen molar-refractivity contribution in [3.8, 4) is 0 Å². The van der Waals surface area contributed by atoms with Gasteiger partial charge in [-0.15, -0.1) is 0 Å². The van der Waals surface area contributed by atoms with Crippen LogP contribution >= 0.6 is 11.3 Å². The summed E-state index contributed by atoms with van der Waals surface area (Å²) in [5, 5.41) is 19.2. The number of carbonyl (C=O) groups is 1. The Morgan fingerprint density at radius 1 is 1.41 bits per heavy atom. The van der Waals surface area contributed by atoms with Gasteiger partial charge in [0, 0.05) is 12.6 Å². The van der Waals surface area contributed by atoms with E-state index < -0.39 is 0 Å². The highest BCUT2D eigenvalue weighted by Crippen LogP contribution is 2.18. The summed E-state index contributed by atoms with van der Waals surface area (Å²) in [6.45, 7) is 0.574. The van der Waals surface area contributed by atoms with E-state index in [0.29, 0.717) is 6.54 Å². The third-order valence-electron chi connectivity index (χ3n) is 3.07.